The lowest BCUT2D eigenvalue weighted by Gasteiger charge is -2.45. The van der Waals surface area contributed by atoms with Crippen LogP contribution in [-0.2, 0) is 16.8 Å². The minimum absolute atomic E-state index is 0.0141. The van der Waals surface area contributed by atoms with Crippen molar-refractivity contribution < 1.29 is 32.5 Å². The van der Waals surface area contributed by atoms with E-state index in [1.165, 1.54) is 18.1 Å². The van der Waals surface area contributed by atoms with Crippen LogP contribution in [0.3, 0.4) is 0 Å². The third-order valence-electron chi connectivity index (χ3n) is 6.20. The number of fused-ring (bicyclic) bond motifs is 2. The molecule has 0 N–H and O–H groups in total. The second-order valence-corrected chi connectivity index (χ2v) is 7.69. The molecule has 31 heavy (non-hydrogen) atoms. The summed E-state index contributed by atoms with van der Waals surface area (Å²) in [7, 11) is 4.51. The van der Waals surface area contributed by atoms with Crippen molar-refractivity contribution in [3.05, 3.63) is 52.6 Å². The van der Waals surface area contributed by atoms with E-state index >= 15 is 0 Å². The number of hydrogen-bond donors (Lipinski definition) is 0. The van der Waals surface area contributed by atoms with Gasteiger partial charge in [-0.15, -0.1) is 0 Å². The van der Waals surface area contributed by atoms with Crippen molar-refractivity contribution in [2.75, 3.05) is 41.0 Å². The maximum absolute atomic E-state index is 14.4. The molecule has 0 aliphatic carbocycles. The average molecular weight is 433 g/mol. The minimum Gasteiger partial charge on any atom is -0.496 e. The number of likely N-dealkylation sites (tertiary alicyclic amines) is 1. The van der Waals surface area contributed by atoms with Gasteiger partial charge in [0.15, 0.2) is 23.1 Å². The van der Waals surface area contributed by atoms with Crippen LogP contribution in [0.25, 0.3) is 0 Å². The van der Waals surface area contributed by atoms with Crippen molar-refractivity contribution in [1.82, 2.24) is 4.90 Å². The van der Waals surface area contributed by atoms with E-state index in [4.69, 9.17) is 18.9 Å². The topological polar surface area (TPSA) is 57.2 Å². The number of rotatable bonds is 4. The third kappa shape index (κ3) is 3.59. The summed E-state index contributed by atoms with van der Waals surface area (Å²) in [4.78, 5) is 14.5. The number of halogens is 2. The van der Waals surface area contributed by atoms with E-state index in [0.29, 0.717) is 44.0 Å². The largest absolute Gasteiger partial charge is 0.496 e. The standard InChI is InChI=1S/C23H25F2NO5/c1-28-17-5-4-16(24)21(25)20(17)22(27)26-9-7-23(8-10-26)15-13-19(30-3)18(29-2)12-14(15)6-11-31-23/h4-5,12-13H,6-11H2,1-3H3. The summed E-state index contributed by atoms with van der Waals surface area (Å²) in [6.07, 6.45) is 1.81. The van der Waals surface area contributed by atoms with Gasteiger partial charge in [-0.25, -0.2) is 8.78 Å². The van der Waals surface area contributed by atoms with Gasteiger partial charge in [0.25, 0.3) is 5.91 Å². The summed E-state index contributed by atoms with van der Waals surface area (Å²) in [5.74, 6) is -1.56. The highest BCUT2D eigenvalue weighted by molar-refractivity contribution is 5.97. The van der Waals surface area contributed by atoms with Gasteiger partial charge in [0, 0.05) is 13.1 Å². The molecule has 1 fully saturated rings. The first-order chi connectivity index (χ1) is 14.9. The van der Waals surface area contributed by atoms with Crippen LogP contribution in [0.2, 0.25) is 0 Å². The van der Waals surface area contributed by atoms with Crippen LogP contribution < -0.4 is 14.2 Å². The highest BCUT2D eigenvalue weighted by atomic mass is 19.2. The third-order valence-corrected chi connectivity index (χ3v) is 6.20. The number of piperidine rings is 1. The Balaban J connectivity index is 1.60. The number of carbonyl (C=O) groups is 1. The van der Waals surface area contributed by atoms with E-state index in [0.717, 1.165) is 23.6 Å². The zero-order valence-electron chi connectivity index (χ0n) is 17.8. The highest BCUT2D eigenvalue weighted by Gasteiger charge is 2.43. The molecule has 0 radical (unpaired) electrons. The summed E-state index contributed by atoms with van der Waals surface area (Å²) in [5, 5.41) is 0. The zero-order valence-corrected chi connectivity index (χ0v) is 17.8. The predicted molar refractivity (Wildman–Crippen MR) is 109 cm³/mol. The van der Waals surface area contributed by atoms with E-state index in [1.54, 1.807) is 14.2 Å². The number of benzene rings is 2. The number of methoxy groups -OCH3 is 3. The Morgan fingerprint density at radius 3 is 2.29 bits per heavy atom. The molecule has 1 amide bonds. The van der Waals surface area contributed by atoms with Gasteiger partial charge >= 0.3 is 0 Å². The molecule has 2 heterocycles. The van der Waals surface area contributed by atoms with Crippen LogP contribution in [0, 0.1) is 11.6 Å². The Labute approximate surface area is 179 Å². The summed E-state index contributed by atoms with van der Waals surface area (Å²) in [5.41, 5.74) is 1.21. The van der Waals surface area contributed by atoms with Gasteiger partial charge in [-0.05, 0) is 54.7 Å². The zero-order chi connectivity index (χ0) is 22.2. The van der Waals surface area contributed by atoms with Gasteiger partial charge < -0.3 is 23.8 Å². The molecule has 1 spiro atoms. The molecule has 0 saturated carbocycles. The fraction of sp³-hybridized carbons (Fsp3) is 0.435. The average Bonchev–Trinajstić information content (AvgIpc) is 2.80. The molecule has 2 aromatic rings. The molecule has 0 atom stereocenters. The number of hydrogen-bond acceptors (Lipinski definition) is 5. The molecule has 2 aliphatic heterocycles. The molecular weight excluding hydrogens is 408 g/mol. The van der Waals surface area contributed by atoms with E-state index in [9.17, 15) is 13.6 Å². The van der Waals surface area contributed by atoms with E-state index < -0.39 is 23.1 Å². The minimum atomic E-state index is -1.19. The number of carbonyl (C=O) groups excluding carboxylic acids is 1. The lowest BCUT2D eigenvalue weighted by atomic mass is 9.79. The van der Waals surface area contributed by atoms with Crippen LogP contribution in [0.1, 0.15) is 34.3 Å². The summed E-state index contributed by atoms with van der Waals surface area (Å²) in [6, 6.07) is 6.13. The van der Waals surface area contributed by atoms with E-state index in [2.05, 4.69) is 0 Å². The van der Waals surface area contributed by atoms with Crippen molar-refractivity contribution in [1.29, 1.82) is 0 Å². The monoisotopic (exact) mass is 433 g/mol. The Kier molecular flexibility index (Phi) is 5.75. The van der Waals surface area contributed by atoms with Crippen LogP contribution in [0.15, 0.2) is 24.3 Å². The molecule has 0 aromatic heterocycles. The van der Waals surface area contributed by atoms with Crippen molar-refractivity contribution in [2.24, 2.45) is 0 Å². The maximum atomic E-state index is 14.4. The molecular formula is C23H25F2NO5. The molecule has 4 rings (SSSR count). The Morgan fingerprint density at radius 1 is 1.00 bits per heavy atom. The SMILES string of the molecule is COc1cc2c(cc1OC)C1(CCN(C(=O)c3c(OC)ccc(F)c3F)CC1)OCC2. The highest BCUT2D eigenvalue weighted by Crippen LogP contribution is 2.45. The van der Waals surface area contributed by atoms with Crippen LogP contribution in [0.5, 0.6) is 17.2 Å². The van der Waals surface area contributed by atoms with Gasteiger partial charge in [-0.3, -0.25) is 4.79 Å². The van der Waals surface area contributed by atoms with Crippen LogP contribution in [-0.4, -0.2) is 51.8 Å². The molecule has 166 valence electrons. The van der Waals surface area contributed by atoms with Crippen LogP contribution in [0.4, 0.5) is 8.78 Å². The Bertz CT molecular complexity index is 1000. The van der Waals surface area contributed by atoms with Crippen molar-refractivity contribution >= 4 is 5.91 Å². The molecule has 8 heteroatoms. The maximum Gasteiger partial charge on any atom is 0.260 e. The molecule has 0 bridgehead atoms. The first kappa shape index (κ1) is 21.4. The molecule has 2 aliphatic rings. The van der Waals surface area contributed by atoms with Gasteiger partial charge in [-0.1, -0.05) is 0 Å². The summed E-state index contributed by atoms with van der Waals surface area (Å²) in [6.45, 7) is 1.24. The normalized spacial score (nSPS) is 17.3. The molecule has 2 aromatic carbocycles. The predicted octanol–water partition coefficient (Wildman–Crippen LogP) is 3.69. The number of amides is 1. The number of ether oxygens (including phenoxy) is 4. The van der Waals surface area contributed by atoms with E-state index in [-0.39, 0.29) is 11.3 Å². The molecule has 6 nitrogen and oxygen atoms in total. The Hall–Kier alpha value is -2.87. The first-order valence-electron chi connectivity index (χ1n) is 10.1. The van der Waals surface area contributed by atoms with Crippen LogP contribution >= 0.6 is 0 Å². The van der Waals surface area contributed by atoms with Crippen molar-refractivity contribution in [3.63, 3.8) is 0 Å². The van der Waals surface area contributed by atoms with Gasteiger partial charge in [0.05, 0.1) is 33.5 Å². The lowest BCUT2D eigenvalue weighted by molar-refractivity contribution is -0.0936. The quantitative estimate of drug-likeness (QED) is 0.736. The fourth-order valence-electron chi connectivity index (χ4n) is 4.53. The molecule has 1 saturated heterocycles. The second kappa shape index (κ2) is 8.34. The van der Waals surface area contributed by atoms with E-state index in [1.807, 2.05) is 12.1 Å². The van der Waals surface area contributed by atoms with Gasteiger partial charge in [-0.2, -0.15) is 0 Å². The molecule has 0 unspecified atom stereocenters. The fourth-order valence-corrected chi connectivity index (χ4v) is 4.53. The van der Waals surface area contributed by atoms with Gasteiger partial charge in [0.2, 0.25) is 0 Å². The first-order valence-corrected chi connectivity index (χ1v) is 10.1. The summed E-state index contributed by atoms with van der Waals surface area (Å²) < 4.78 is 50.4. The smallest absolute Gasteiger partial charge is 0.260 e. The summed E-state index contributed by atoms with van der Waals surface area (Å²) >= 11 is 0. The van der Waals surface area contributed by atoms with Gasteiger partial charge in [0.1, 0.15) is 11.3 Å². The number of nitrogens with zero attached hydrogens (tertiary/aromatic N) is 1. The van der Waals surface area contributed by atoms with Crippen molar-refractivity contribution in [3.8, 4) is 17.2 Å². The second-order valence-electron chi connectivity index (χ2n) is 7.69. The lowest BCUT2D eigenvalue weighted by Crippen LogP contribution is -2.48. The van der Waals surface area contributed by atoms with Crippen molar-refractivity contribution in [2.45, 2.75) is 24.9 Å². The Morgan fingerprint density at radius 2 is 1.65 bits per heavy atom.